The van der Waals surface area contributed by atoms with Crippen molar-refractivity contribution in [2.75, 3.05) is 7.11 Å². The quantitative estimate of drug-likeness (QED) is 0.355. The van der Waals surface area contributed by atoms with Crippen molar-refractivity contribution in [2.45, 2.75) is 56.9 Å². The van der Waals surface area contributed by atoms with Crippen LogP contribution in [0.3, 0.4) is 0 Å². The molecule has 2 aromatic heterocycles. The zero-order chi connectivity index (χ0) is 23.7. The topological polar surface area (TPSA) is 44.1 Å². The summed E-state index contributed by atoms with van der Waals surface area (Å²) in [5.41, 5.74) is 5.66. The van der Waals surface area contributed by atoms with Crippen LogP contribution in [-0.2, 0) is 24.8 Å². The van der Waals surface area contributed by atoms with E-state index in [9.17, 15) is 4.79 Å². The SMILES string of the molecule is COc1ccc2c(c1)CC[C@H]1[C@@H]2CC[C@@]2(C)c3c(sc4ncn(Cc5ccccc5)c(=O)c34)C[C@H]12. The number of rotatable bonds is 3. The average Bonchev–Trinajstić information content (AvgIpc) is 3.40. The number of thiophene rings is 1. The standard InChI is InChI=1S/C30H30N2O2S/c1-30-13-12-22-21-11-9-20(34-2)14-19(21)8-10-23(22)24(30)15-25-27(30)26-28(35-25)31-17-32(29(26)33)16-18-6-4-3-5-7-18/h3-7,9,11,14,17,22-24H,8,10,12-13,15-16H2,1-2H3/t22-,23+,24-,30-/m1/s1. The lowest BCUT2D eigenvalue weighted by molar-refractivity contribution is 0.106. The van der Waals surface area contributed by atoms with Gasteiger partial charge in [-0.3, -0.25) is 9.36 Å². The largest absolute Gasteiger partial charge is 0.497 e. The molecule has 178 valence electrons. The Balaban J connectivity index is 1.28. The van der Waals surface area contributed by atoms with E-state index in [-0.39, 0.29) is 11.0 Å². The van der Waals surface area contributed by atoms with Gasteiger partial charge in [0.1, 0.15) is 10.6 Å². The molecule has 4 nitrogen and oxygen atoms in total. The van der Waals surface area contributed by atoms with E-state index in [0.29, 0.717) is 24.3 Å². The molecule has 7 rings (SSSR count). The van der Waals surface area contributed by atoms with Crippen LogP contribution in [0, 0.1) is 11.8 Å². The van der Waals surface area contributed by atoms with Gasteiger partial charge in [-0.1, -0.05) is 43.3 Å². The summed E-state index contributed by atoms with van der Waals surface area (Å²) in [4.78, 5) is 20.9. The van der Waals surface area contributed by atoms with Gasteiger partial charge in [-0.2, -0.15) is 0 Å². The van der Waals surface area contributed by atoms with Gasteiger partial charge < -0.3 is 4.74 Å². The summed E-state index contributed by atoms with van der Waals surface area (Å²) in [6.07, 6.45) is 7.51. The van der Waals surface area contributed by atoms with Gasteiger partial charge in [0.25, 0.3) is 5.56 Å². The highest BCUT2D eigenvalue weighted by Crippen LogP contribution is 2.62. The number of nitrogens with zero attached hydrogens (tertiary/aromatic N) is 2. The molecular weight excluding hydrogens is 452 g/mol. The van der Waals surface area contributed by atoms with E-state index in [0.717, 1.165) is 40.8 Å². The molecule has 1 fully saturated rings. The number of fused-ring (bicyclic) bond motifs is 9. The van der Waals surface area contributed by atoms with Gasteiger partial charge >= 0.3 is 0 Å². The molecule has 0 saturated heterocycles. The van der Waals surface area contributed by atoms with Gasteiger partial charge in [-0.05, 0) is 89.7 Å². The van der Waals surface area contributed by atoms with Crippen LogP contribution in [0.1, 0.15) is 59.2 Å². The Hall–Kier alpha value is -2.92. The van der Waals surface area contributed by atoms with E-state index in [1.165, 1.54) is 34.4 Å². The maximum absolute atomic E-state index is 13.8. The highest BCUT2D eigenvalue weighted by Gasteiger charge is 2.54. The van der Waals surface area contributed by atoms with Gasteiger partial charge in [0.05, 0.1) is 25.4 Å². The Bertz CT molecular complexity index is 1500. The lowest BCUT2D eigenvalue weighted by atomic mass is 9.55. The van der Waals surface area contributed by atoms with Crippen LogP contribution in [0.4, 0.5) is 0 Å². The molecule has 4 aromatic rings. The molecule has 0 amide bonds. The van der Waals surface area contributed by atoms with Gasteiger partial charge in [0.15, 0.2) is 0 Å². The Kier molecular flexibility index (Phi) is 4.76. The third-order valence-corrected chi connectivity index (χ3v) is 10.4. The van der Waals surface area contributed by atoms with Gasteiger partial charge in [-0.15, -0.1) is 11.3 Å². The van der Waals surface area contributed by atoms with Crippen LogP contribution in [0.5, 0.6) is 5.75 Å². The molecule has 1 saturated carbocycles. The summed E-state index contributed by atoms with van der Waals surface area (Å²) in [6.45, 7) is 3.02. The summed E-state index contributed by atoms with van der Waals surface area (Å²) in [5.74, 6) is 2.87. The molecule has 0 spiro atoms. The summed E-state index contributed by atoms with van der Waals surface area (Å²) in [6, 6.07) is 16.9. The summed E-state index contributed by atoms with van der Waals surface area (Å²) in [7, 11) is 1.75. The lowest BCUT2D eigenvalue weighted by Gasteiger charge is -2.49. The first kappa shape index (κ1) is 21.4. The third kappa shape index (κ3) is 3.10. The molecule has 0 bridgehead atoms. The van der Waals surface area contributed by atoms with Crippen molar-refractivity contribution in [3.63, 3.8) is 0 Å². The highest BCUT2D eigenvalue weighted by atomic mass is 32.1. The molecule has 3 aliphatic rings. The first-order valence-corrected chi connectivity index (χ1v) is 13.6. The minimum atomic E-state index is 0.0610. The Morgan fingerprint density at radius 2 is 2.03 bits per heavy atom. The number of hydrogen-bond donors (Lipinski definition) is 0. The fraction of sp³-hybridized carbons (Fsp3) is 0.400. The molecule has 0 aliphatic heterocycles. The van der Waals surface area contributed by atoms with Gasteiger partial charge in [-0.25, -0.2) is 4.98 Å². The fourth-order valence-electron chi connectivity index (χ4n) is 7.61. The van der Waals surface area contributed by atoms with Crippen LogP contribution < -0.4 is 10.3 Å². The zero-order valence-electron chi connectivity index (χ0n) is 20.3. The van der Waals surface area contributed by atoms with E-state index in [1.807, 2.05) is 18.2 Å². The Morgan fingerprint density at radius 1 is 1.17 bits per heavy atom. The van der Waals surface area contributed by atoms with E-state index in [1.54, 1.807) is 29.3 Å². The molecule has 4 atom stereocenters. The first-order valence-electron chi connectivity index (χ1n) is 12.8. The van der Waals surface area contributed by atoms with Crippen molar-refractivity contribution >= 4 is 21.6 Å². The second kappa shape index (κ2) is 7.79. The zero-order valence-corrected chi connectivity index (χ0v) is 21.1. The van der Waals surface area contributed by atoms with E-state index in [4.69, 9.17) is 9.72 Å². The summed E-state index contributed by atoms with van der Waals surface area (Å²) in [5, 5.41) is 0.896. The van der Waals surface area contributed by atoms with Crippen LogP contribution in [-0.4, -0.2) is 16.7 Å². The highest BCUT2D eigenvalue weighted by molar-refractivity contribution is 7.18. The number of hydrogen-bond acceptors (Lipinski definition) is 4. The van der Waals surface area contributed by atoms with Crippen LogP contribution in [0.25, 0.3) is 10.2 Å². The van der Waals surface area contributed by atoms with Crippen molar-refractivity contribution in [2.24, 2.45) is 11.8 Å². The molecule has 3 aliphatic carbocycles. The molecule has 5 heteroatoms. The van der Waals surface area contributed by atoms with Gasteiger partial charge in [0, 0.05) is 4.88 Å². The second-order valence-corrected chi connectivity index (χ2v) is 12.0. The molecule has 0 N–H and O–H groups in total. The van der Waals surface area contributed by atoms with E-state index < -0.39 is 0 Å². The van der Waals surface area contributed by atoms with Crippen molar-refractivity contribution in [1.82, 2.24) is 9.55 Å². The van der Waals surface area contributed by atoms with Crippen molar-refractivity contribution in [3.8, 4) is 5.75 Å². The lowest BCUT2D eigenvalue weighted by Crippen LogP contribution is -2.43. The normalized spacial score (nSPS) is 26.6. The summed E-state index contributed by atoms with van der Waals surface area (Å²) < 4.78 is 7.30. The Morgan fingerprint density at radius 3 is 2.86 bits per heavy atom. The number of aromatic nitrogens is 2. The predicted molar refractivity (Wildman–Crippen MR) is 141 cm³/mol. The second-order valence-electron chi connectivity index (χ2n) is 10.9. The van der Waals surface area contributed by atoms with E-state index in [2.05, 4.69) is 37.3 Å². The number of ether oxygens (including phenoxy) is 1. The maximum atomic E-state index is 13.8. The van der Waals surface area contributed by atoms with Crippen LogP contribution in [0.15, 0.2) is 59.7 Å². The van der Waals surface area contributed by atoms with Gasteiger partial charge in [0.2, 0.25) is 0 Å². The monoisotopic (exact) mass is 482 g/mol. The average molecular weight is 483 g/mol. The number of methoxy groups -OCH3 is 1. The Labute approximate surface area is 209 Å². The molecule has 35 heavy (non-hydrogen) atoms. The molecular formula is C30H30N2O2S. The van der Waals surface area contributed by atoms with Crippen LogP contribution in [0.2, 0.25) is 0 Å². The van der Waals surface area contributed by atoms with Crippen LogP contribution >= 0.6 is 11.3 Å². The number of aryl methyl sites for hydroxylation is 1. The maximum Gasteiger partial charge on any atom is 0.262 e. The minimum absolute atomic E-state index is 0.0610. The van der Waals surface area contributed by atoms with Crippen molar-refractivity contribution in [1.29, 1.82) is 0 Å². The minimum Gasteiger partial charge on any atom is -0.497 e. The molecule has 2 heterocycles. The summed E-state index contributed by atoms with van der Waals surface area (Å²) >= 11 is 1.77. The fourth-order valence-corrected chi connectivity index (χ4v) is 8.93. The first-order chi connectivity index (χ1) is 17.1. The van der Waals surface area contributed by atoms with E-state index >= 15 is 0 Å². The third-order valence-electron chi connectivity index (χ3n) is 9.25. The molecule has 0 radical (unpaired) electrons. The predicted octanol–water partition coefficient (Wildman–Crippen LogP) is 6.08. The van der Waals surface area contributed by atoms with Crippen molar-refractivity contribution in [3.05, 3.63) is 92.3 Å². The van der Waals surface area contributed by atoms with Crippen molar-refractivity contribution < 1.29 is 4.74 Å². The molecule has 0 unspecified atom stereocenters. The smallest absolute Gasteiger partial charge is 0.262 e. The number of benzene rings is 2. The molecule has 2 aromatic carbocycles.